The maximum absolute atomic E-state index is 6.70. The summed E-state index contributed by atoms with van der Waals surface area (Å²) in [7, 11) is 0. The van der Waals surface area contributed by atoms with Crippen LogP contribution in [0.3, 0.4) is 0 Å². The normalized spacial score (nSPS) is 9.12. The molecule has 0 bridgehead atoms. The van der Waals surface area contributed by atoms with Crippen LogP contribution < -0.4 is 0 Å². The lowest BCUT2D eigenvalue weighted by atomic mass is 10.2. The molecular formula is C7H14N. The minimum absolute atomic E-state index is 0.944. The standard InChI is InChI=1S/C7H14N/c1-2-3-4-5-6-7-8/h7-8H,1-6H2. The predicted molar refractivity (Wildman–Crippen MR) is 37.2 cm³/mol. The van der Waals surface area contributed by atoms with Crippen LogP contribution >= 0.6 is 0 Å². The van der Waals surface area contributed by atoms with Gasteiger partial charge in [0.1, 0.15) is 0 Å². The summed E-state index contributed by atoms with van der Waals surface area (Å²) >= 11 is 0. The largest absolute Gasteiger partial charge is 0.313 e. The number of nitrogens with one attached hydrogen (secondary N) is 1. The van der Waals surface area contributed by atoms with Crippen molar-refractivity contribution < 1.29 is 0 Å². The smallest absolute Gasteiger partial charge is 0.00477 e. The van der Waals surface area contributed by atoms with Crippen molar-refractivity contribution in [2.75, 3.05) is 0 Å². The van der Waals surface area contributed by atoms with Crippen LogP contribution in [0.25, 0.3) is 0 Å². The molecule has 0 saturated carbocycles. The van der Waals surface area contributed by atoms with Gasteiger partial charge in [-0.1, -0.05) is 26.2 Å². The molecule has 0 unspecified atom stereocenters. The summed E-state index contributed by atoms with van der Waals surface area (Å²) < 4.78 is 0. The number of hydrogen-bond acceptors (Lipinski definition) is 1. The highest BCUT2D eigenvalue weighted by Crippen LogP contribution is 1.99. The van der Waals surface area contributed by atoms with Crippen molar-refractivity contribution in [2.24, 2.45) is 0 Å². The molecular weight excluding hydrogens is 98.1 g/mol. The number of rotatable bonds is 5. The van der Waals surface area contributed by atoms with Crippen molar-refractivity contribution in [1.82, 2.24) is 0 Å². The Morgan fingerprint density at radius 3 is 2.50 bits per heavy atom. The van der Waals surface area contributed by atoms with E-state index in [0.717, 1.165) is 12.8 Å². The van der Waals surface area contributed by atoms with Crippen LogP contribution in [-0.4, -0.2) is 6.21 Å². The summed E-state index contributed by atoms with van der Waals surface area (Å²) in [4.78, 5) is 0. The monoisotopic (exact) mass is 112 g/mol. The van der Waals surface area contributed by atoms with Crippen molar-refractivity contribution in [2.45, 2.75) is 32.1 Å². The Bertz CT molecular complexity index is 50.3. The molecule has 0 atom stereocenters. The highest BCUT2D eigenvalue weighted by molar-refractivity contribution is 5.52. The van der Waals surface area contributed by atoms with Gasteiger partial charge >= 0.3 is 0 Å². The minimum Gasteiger partial charge on any atom is -0.313 e. The van der Waals surface area contributed by atoms with E-state index in [4.69, 9.17) is 5.41 Å². The van der Waals surface area contributed by atoms with Gasteiger partial charge in [0, 0.05) is 0 Å². The molecule has 0 amide bonds. The zero-order valence-corrected chi connectivity index (χ0v) is 5.32. The lowest BCUT2D eigenvalue weighted by Gasteiger charge is -1.91. The molecule has 0 aromatic heterocycles. The average Bonchev–Trinajstić information content (AvgIpc) is 1.81. The Labute approximate surface area is 51.6 Å². The topological polar surface area (TPSA) is 23.9 Å². The van der Waals surface area contributed by atoms with Crippen molar-refractivity contribution in [1.29, 1.82) is 5.41 Å². The maximum Gasteiger partial charge on any atom is -0.00477 e. The second-order valence-electron chi connectivity index (χ2n) is 1.91. The predicted octanol–water partition coefficient (Wildman–Crippen LogP) is 2.42. The summed E-state index contributed by atoms with van der Waals surface area (Å²) in [5, 5.41) is 6.70. The molecule has 47 valence electrons. The Morgan fingerprint density at radius 1 is 1.25 bits per heavy atom. The summed E-state index contributed by atoms with van der Waals surface area (Å²) in [5.74, 6) is 0. The Hall–Kier alpha value is -0.330. The highest BCUT2D eigenvalue weighted by atomic mass is 14.3. The molecule has 0 fully saturated rings. The zero-order chi connectivity index (χ0) is 6.24. The van der Waals surface area contributed by atoms with Crippen LogP contribution in [0.5, 0.6) is 0 Å². The van der Waals surface area contributed by atoms with E-state index in [0.29, 0.717) is 0 Å². The Kier molecular flexibility index (Phi) is 6.39. The number of unbranched alkanes of at least 4 members (excludes halogenated alkanes) is 4. The Balaban J connectivity index is 2.62. The first-order chi connectivity index (χ1) is 3.91. The average molecular weight is 112 g/mol. The second-order valence-corrected chi connectivity index (χ2v) is 1.91. The lowest BCUT2D eigenvalue weighted by molar-refractivity contribution is 0.707. The first-order valence-electron chi connectivity index (χ1n) is 3.20. The third kappa shape index (κ3) is 5.67. The van der Waals surface area contributed by atoms with Gasteiger partial charge in [-0.15, -0.1) is 0 Å². The molecule has 0 aromatic rings. The first-order valence-corrected chi connectivity index (χ1v) is 3.20. The molecule has 0 saturated heterocycles. The van der Waals surface area contributed by atoms with E-state index in [1.807, 2.05) is 0 Å². The lowest BCUT2D eigenvalue weighted by Crippen LogP contribution is -1.75. The van der Waals surface area contributed by atoms with E-state index < -0.39 is 0 Å². The fourth-order valence-corrected chi connectivity index (χ4v) is 0.600. The van der Waals surface area contributed by atoms with Gasteiger partial charge in [-0.3, -0.25) is 0 Å². The third-order valence-corrected chi connectivity index (χ3v) is 1.10. The van der Waals surface area contributed by atoms with Crippen LogP contribution in [0.15, 0.2) is 0 Å². The van der Waals surface area contributed by atoms with E-state index >= 15 is 0 Å². The molecule has 1 radical (unpaired) electrons. The maximum atomic E-state index is 6.70. The van der Waals surface area contributed by atoms with Crippen LogP contribution in [0.2, 0.25) is 0 Å². The molecule has 0 aliphatic heterocycles. The van der Waals surface area contributed by atoms with Crippen molar-refractivity contribution in [3.8, 4) is 0 Å². The van der Waals surface area contributed by atoms with Gasteiger partial charge in [0.2, 0.25) is 0 Å². The molecule has 1 nitrogen and oxygen atoms in total. The summed E-state index contributed by atoms with van der Waals surface area (Å²) in [5.41, 5.74) is 0. The van der Waals surface area contributed by atoms with E-state index in [2.05, 4.69) is 6.92 Å². The van der Waals surface area contributed by atoms with Crippen LogP contribution in [-0.2, 0) is 0 Å². The minimum atomic E-state index is 0.944. The van der Waals surface area contributed by atoms with Crippen molar-refractivity contribution in [3.05, 3.63) is 6.92 Å². The summed E-state index contributed by atoms with van der Waals surface area (Å²) in [6.07, 6.45) is 7.08. The SMILES string of the molecule is [CH2]CCCCCC=N. The first kappa shape index (κ1) is 7.67. The fourth-order valence-electron chi connectivity index (χ4n) is 0.600. The van der Waals surface area contributed by atoms with E-state index in [9.17, 15) is 0 Å². The molecule has 0 aliphatic carbocycles. The van der Waals surface area contributed by atoms with Gasteiger partial charge in [0.25, 0.3) is 0 Å². The number of hydrogen-bond donors (Lipinski definition) is 1. The molecule has 0 aliphatic rings. The molecule has 8 heavy (non-hydrogen) atoms. The molecule has 1 N–H and O–H groups in total. The van der Waals surface area contributed by atoms with Gasteiger partial charge < -0.3 is 5.41 Å². The van der Waals surface area contributed by atoms with Gasteiger partial charge in [0.15, 0.2) is 0 Å². The third-order valence-electron chi connectivity index (χ3n) is 1.10. The van der Waals surface area contributed by atoms with E-state index in [1.165, 1.54) is 25.5 Å². The van der Waals surface area contributed by atoms with Gasteiger partial charge in [0.05, 0.1) is 0 Å². The van der Waals surface area contributed by atoms with Crippen LogP contribution in [0.1, 0.15) is 32.1 Å². The summed E-state index contributed by atoms with van der Waals surface area (Å²) in [6.45, 7) is 3.73. The van der Waals surface area contributed by atoms with Gasteiger partial charge in [-0.25, -0.2) is 0 Å². The van der Waals surface area contributed by atoms with Gasteiger partial charge in [-0.2, -0.15) is 0 Å². The van der Waals surface area contributed by atoms with E-state index in [-0.39, 0.29) is 0 Å². The quantitative estimate of drug-likeness (QED) is 0.417. The molecule has 0 aromatic carbocycles. The zero-order valence-electron chi connectivity index (χ0n) is 5.32. The van der Waals surface area contributed by atoms with Crippen LogP contribution in [0, 0.1) is 12.3 Å². The molecule has 1 heteroatoms. The second kappa shape index (κ2) is 6.67. The van der Waals surface area contributed by atoms with E-state index in [1.54, 1.807) is 0 Å². The fraction of sp³-hybridized carbons (Fsp3) is 0.714. The van der Waals surface area contributed by atoms with Crippen LogP contribution in [0.4, 0.5) is 0 Å². The summed E-state index contributed by atoms with van der Waals surface area (Å²) in [6, 6.07) is 0. The molecule has 0 heterocycles. The van der Waals surface area contributed by atoms with Crippen molar-refractivity contribution in [3.63, 3.8) is 0 Å². The Morgan fingerprint density at radius 2 is 2.00 bits per heavy atom. The molecule has 0 spiro atoms. The van der Waals surface area contributed by atoms with Crippen molar-refractivity contribution >= 4 is 6.21 Å². The van der Waals surface area contributed by atoms with Gasteiger partial charge in [-0.05, 0) is 19.1 Å². The highest BCUT2D eigenvalue weighted by Gasteiger charge is 1.82. The molecule has 0 rings (SSSR count).